The molecule has 0 amide bonds. The molecule has 0 saturated heterocycles. The van der Waals surface area contributed by atoms with Gasteiger partial charge in [-0.3, -0.25) is 10.1 Å². The van der Waals surface area contributed by atoms with Crippen LogP contribution in [0.5, 0.6) is 5.75 Å². The number of nitrogens with one attached hydrogen (secondary N) is 1. The van der Waals surface area contributed by atoms with Gasteiger partial charge in [0.25, 0.3) is 5.69 Å². The third-order valence-corrected chi connectivity index (χ3v) is 4.07. The van der Waals surface area contributed by atoms with E-state index in [1.807, 2.05) is 0 Å². The summed E-state index contributed by atoms with van der Waals surface area (Å²) in [6, 6.07) is 7.82. The Labute approximate surface area is 140 Å². The number of sulfone groups is 1. The lowest BCUT2D eigenvalue weighted by Gasteiger charge is -2.11. The minimum absolute atomic E-state index is 0.0121. The van der Waals surface area contributed by atoms with Crippen LogP contribution in [0.4, 0.5) is 30.2 Å². The van der Waals surface area contributed by atoms with Crippen molar-refractivity contribution in [1.82, 2.24) is 0 Å². The molecule has 0 unspecified atom stereocenters. The third-order valence-electron chi connectivity index (χ3n) is 2.96. The Balaban J connectivity index is 2.29. The lowest BCUT2D eigenvalue weighted by atomic mass is 10.2. The van der Waals surface area contributed by atoms with Crippen molar-refractivity contribution in [2.45, 2.75) is 11.3 Å². The standard InChI is InChI=1S/C14H11F3N2O5S/c1-25(22,23)11-6-7-12(13(8-11)19(20)21)18-9-2-4-10(5-3-9)24-14(15,16)17/h2-8,18H,1H3. The highest BCUT2D eigenvalue weighted by Gasteiger charge is 2.31. The van der Waals surface area contributed by atoms with E-state index in [2.05, 4.69) is 10.1 Å². The second kappa shape index (κ2) is 6.59. The van der Waals surface area contributed by atoms with Gasteiger partial charge in [-0.05, 0) is 36.4 Å². The Morgan fingerprint density at radius 2 is 1.72 bits per heavy atom. The van der Waals surface area contributed by atoms with Gasteiger partial charge in [-0.15, -0.1) is 13.2 Å². The number of nitrogens with zero attached hydrogens (tertiary/aromatic N) is 1. The third kappa shape index (κ3) is 5.08. The highest BCUT2D eigenvalue weighted by atomic mass is 32.2. The van der Waals surface area contributed by atoms with Gasteiger partial charge in [0.2, 0.25) is 0 Å². The number of ether oxygens (including phenoxy) is 1. The molecule has 11 heteroatoms. The summed E-state index contributed by atoms with van der Waals surface area (Å²) in [5.41, 5.74) is -0.245. The molecule has 0 atom stereocenters. The fourth-order valence-corrected chi connectivity index (χ4v) is 2.54. The maximum absolute atomic E-state index is 12.1. The molecule has 7 nitrogen and oxygen atoms in total. The number of benzene rings is 2. The number of alkyl halides is 3. The van der Waals surface area contributed by atoms with Crippen molar-refractivity contribution in [3.05, 3.63) is 52.6 Å². The van der Waals surface area contributed by atoms with Gasteiger partial charge in [0.15, 0.2) is 9.84 Å². The van der Waals surface area contributed by atoms with Crippen molar-refractivity contribution < 1.29 is 31.2 Å². The van der Waals surface area contributed by atoms with E-state index in [0.717, 1.165) is 24.5 Å². The van der Waals surface area contributed by atoms with Gasteiger partial charge >= 0.3 is 6.36 Å². The topological polar surface area (TPSA) is 98.5 Å². The summed E-state index contributed by atoms with van der Waals surface area (Å²) in [7, 11) is -3.63. The van der Waals surface area contributed by atoms with Crippen LogP contribution in [0.2, 0.25) is 0 Å². The molecule has 2 rings (SSSR count). The van der Waals surface area contributed by atoms with Crippen molar-refractivity contribution in [2.75, 3.05) is 11.6 Å². The monoisotopic (exact) mass is 376 g/mol. The van der Waals surface area contributed by atoms with E-state index in [1.165, 1.54) is 24.3 Å². The lowest BCUT2D eigenvalue weighted by molar-refractivity contribution is -0.384. The number of hydrogen-bond acceptors (Lipinski definition) is 6. The molecule has 0 saturated carbocycles. The van der Waals surface area contributed by atoms with Gasteiger partial charge < -0.3 is 10.1 Å². The number of nitro groups is 1. The van der Waals surface area contributed by atoms with Crippen molar-refractivity contribution >= 4 is 26.9 Å². The fourth-order valence-electron chi connectivity index (χ4n) is 1.89. The molecule has 25 heavy (non-hydrogen) atoms. The van der Waals surface area contributed by atoms with Crippen molar-refractivity contribution in [2.24, 2.45) is 0 Å². The van der Waals surface area contributed by atoms with Crippen molar-refractivity contribution in [3.8, 4) is 5.75 Å². The minimum Gasteiger partial charge on any atom is -0.406 e. The molecular weight excluding hydrogens is 365 g/mol. The average molecular weight is 376 g/mol. The second-order valence-corrected chi connectivity index (χ2v) is 6.92. The SMILES string of the molecule is CS(=O)(=O)c1ccc(Nc2ccc(OC(F)(F)F)cc2)c([N+](=O)[O-])c1. The molecular formula is C14H11F3N2O5S. The van der Waals surface area contributed by atoms with Gasteiger partial charge in [0, 0.05) is 18.0 Å². The first-order valence-electron chi connectivity index (χ1n) is 6.57. The molecule has 1 N–H and O–H groups in total. The fraction of sp³-hybridized carbons (Fsp3) is 0.143. The Bertz CT molecular complexity index is 896. The van der Waals surface area contributed by atoms with Gasteiger partial charge in [-0.1, -0.05) is 0 Å². The summed E-state index contributed by atoms with van der Waals surface area (Å²) in [4.78, 5) is 10.1. The number of anilines is 2. The zero-order valence-electron chi connectivity index (χ0n) is 12.6. The average Bonchev–Trinajstić information content (AvgIpc) is 2.47. The van der Waals surface area contributed by atoms with Crippen LogP contribution in [0, 0.1) is 10.1 Å². The molecule has 0 spiro atoms. The molecule has 0 aliphatic rings. The highest BCUT2D eigenvalue weighted by molar-refractivity contribution is 7.90. The molecule has 2 aromatic carbocycles. The summed E-state index contributed by atoms with van der Waals surface area (Å²) in [6.45, 7) is 0. The molecule has 0 radical (unpaired) electrons. The first-order chi connectivity index (χ1) is 11.5. The number of nitro benzene ring substituents is 1. The van der Waals surface area contributed by atoms with Crippen LogP contribution >= 0.6 is 0 Å². The first kappa shape index (κ1) is 18.5. The Morgan fingerprint density at radius 3 is 2.20 bits per heavy atom. The van der Waals surface area contributed by atoms with Gasteiger partial charge in [-0.25, -0.2) is 8.42 Å². The minimum atomic E-state index is -4.82. The van der Waals surface area contributed by atoms with Gasteiger partial charge in [-0.2, -0.15) is 0 Å². The van der Waals surface area contributed by atoms with Crippen LogP contribution in [-0.2, 0) is 9.84 Å². The van der Waals surface area contributed by atoms with E-state index >= 15 is 0 Å². The van der Waals surface area contributed by atoms with E-state index in [9.17, 15) is 31.7 Å². The lowest BCUT2D eigenvalue weighted by Crippen LogP contribution is -2.16. The van der Waals surface area contributed by atoms with Gasteiger partial charge in [0.1, 0.15) is 11.4 Å². The van der Waals surface area contributed by atoms with E-state index in [0.29, 0.717) is 0 Å². The normalized spacial score (nSPS) is 11.8. The van der Waals surface area contributed by atoms with Crippen molar-refractivity contribution in [3.63, 3.8) is 0 Å². The molecule has 2 aromatic rings. The van der Waals surface area contributed by atoms with Crippen LogP contribution in [-0.4, -0.2) is 26.0 Å². The quantitative estimate of drug-likeness (QED) is 0.632. The van der Waals surface area contributed by atoms with Crippen LogP contribution in [0.15, 0.2) is 47.4 Å². The second-order valence-electron chi connectivity index (χ2n) is 4.91. The summed E-state index contributed by atoms with van der Waals surface area (Å²) in [6.07, 6.45) is -3.91. The molecule has 0 aliphatic carbocycles. The van der Waals surface area contributed by atoms with Crippen LogP contribution in [0.1, 0.15) is 0 Å². The zero-order valence-corrected chi connectivity index (χ0v) is 13.4. The zero-order chi connectivity index (χ0) is 18.8. The van der Waals surface area contributed by atoms with E-state index in [1.54, 1.807) is 0 Å². The highest BCUT2D eigenvalue weighted by Crippen LogP contribution is 2.31. The molecule has 0 heterocycles. The van der Waals surface area contributed by atoms with Crippen LogP contribution in [0.3, 0.4) is 0 Å². The predicted molar refractivity (Wildman–Crippen MR) is 82.6 cm³/mol. The predicted octanol–water partition coefficient (Wildman–Crippen LogP) is 3.64. The summed E-state index contributed by atoms with van der Waals surface area (Å²) in [5, 5.41) is 13.8. The molecule has 134 valence electrons. The summed E-state index contributed by atoms with van der Waals surface area (Å²) >= 11 is 0. The van der Waals surface area contributed by atoms with E-state index in [-0.39, 0.29) is 16.3 Å². The summed E-state index contributed by atoms with van der Waals surface area (Å²) < 4.78 is 63.0. The maximum Gasteiger partial charge on any atom is 0.573 e. The largest absolute Gasteiger partial charge is 0.573 e. The smallest absolute Gasteiger partial charge is 0.406 e. The van der Waals surface area contributed by atoms with E-state index < -0.39 is 32.6 Å². The Hall–Kier alpha value is -2.82. The molecule has 0 fully saturated rings. The summed E-state index contributed by atoms with van der Waals surface area (Å²) in [5.74, 6) is -0.444. The van der Waals surface area contributed by atoms with Gasteiger partial charge in [0.05, 0.1) is 9.82 Å². The molecule has 0 bridgehead atoms. The van der Waals surface area contributed by atoms with Crippen molar-refractivity contribution in [1.29, 1.82) is 0 Å². The van der Waals surface area contributed by atoms with E-state index in [4.69, 9.17) is 0 Å². The number of hydrogen-bond donors (Lipinski definition) is 1. The van der Waals surface area contributed by atoms with Crippen LogP contribution in [0.25, 0.3) is 0 Å². The Kier molecular flexibility index (Phi) is 4.88. The maximum atomic E-state index is 12.1. The Morgan fingerprint density at radius 1 is 1.12 bits per heavy atom. The number of halogens is 3. The van der Waals surface area contributed by atoms with Crippen LogP contribution < -0.4 is 10.1 Å². The first-order valence-corrected chi connectivity index (χ1v) is 8.46. The number of rotatable bonds is 5. The molecule has 0 aromatic heterocycles. The molecule has 0 aliphatic heterocycles.